The summed E-state index contributed by atoms with van der Waals surface area (Å²) in [4.78, 5) is 0. The van der Waals surface area contributed by atoms with Gasteiger partial charge in [0.15, 0.2) is 0 Å². The van der Waals surface area contributed by atoms with E-state index < -0.39 is 0 Å². The van der Waals surface area contributed by atoms with Crippen molar-refractivity contribution < 1.29 is 4.39 Å². The largest absolute Gasteiger partial charge is 0.211 e. The lowest BCUT2D eigenvalue weighted by atomic mass is 10.3. The molecular weight excluding hydrogens is 115 g/mol. The maximum Gasteiger partial charge on any atom is 0.104 e. The molecule has 0 aliphatic rings. The van der Waals surface area contributed by atoms with Gasteiger partial charge in [0, 0.05) is 6.42 Å². The molecule has 0 rings (SSSR count). The molecule has 0 aromatic rings. The van der Waals surface area contributed by atoms with Gasteiger partial charge in [0.1, 0.15) is 5.83 Å². The Labute approximate surface area is 55.4 Å². The van der Waals surface area contributed by atoms with Crippen LogP contribution in [0.15, 0.2) is 36.7 Å². The fourth-order valence-corrected chi connectivity index (χ4v) is 0.426. The van der Waals surface area contributed by atoms with Crippen molar-refractivity contribution in [2.45, 2.75) is 13.3 Å². The maximum absolute atomic E-state index is 12.3. The molecule has 0 heterocycles. The Balaban J connectivity index is 3.61. The van der Waals surface area contributed by atoms with Gasteiger partial charge < -0.3 is 0 Å². The van der Waals surface area contributed by atoms with Gasteiger partial charge in [-0.2, -0.15) is 0 Å². The lowest BCUT2D eigenvalue weighted by molar-refractivity contribution is 0.618. The number of hydrogen-bond acceptors (Lipinski definition) is 0. The number of allylic oxidation sites excluding steroid dienone is 5. The van der Waals surface area contributed by atoms with Gasteiger partial charge in [-0.05, 0) is 13.0 Å². The molecule has 0 amide bonds. The van der Waals surface area contributed by atoms with E-state index in [0.29, 0.717) is 6.42 Å². The van der Waals surface area contributed by atoms with Crippen molar-refractivity contribution in [3.05, 3.63) is 36.7 Å². The Bertz CT molecular complexity index is 132. The number of hydrogen-bond donors (Lipinski definition) is 0. The normalized spacial score (nSPS) is 12.4. The topological polar surface area (TPSA) is 0 Å². The quantitative estimate of drug-likeness (QED) is 0.403. The summed E-state index contributed by atoms with van der Waals surface area (Å²) < 4.78 is 12.3. The molecule has 0 nitrogen and oxygen atoms in total. The fourth-order valence-electron chi connectivity index (χ4n) is 0.426. The number of halogens is 1. The first-order valence-corrected chi connectivity index (χ1v) is 2.89. The maximum atomic E-state index is 12.3. The van der Waals surface area contributed by atoms with E-state index in [2.05, 4.69) is 6.58 Å². The second-order valence-corrected chi connectivity index (χ2v) is 1.62. The molecule has 0 radical (unpaired) electrons. The summed E-state index contributed by atoms with van der Waals surface area (Å²) in [5.41, 5.74) is 0. The summed E-state index contributed by atoms with van der Waals surface area (Å²) in [6.45, 7) is 5.23. The minimum absolute atomic E-state index is 0.150. The summed E-state index contributed by atoms with van der Waals surface area (Å²) in [6.07, 6.45) is 6.76. The van der Waals surface area contributed by atoms with Crippen molar-refractivity contribution in [1.29, 1.82) is 0 Å². The molecule has 0 spiro atoms. The van der Waals surface area contributed by atoms with Crippen molar-refractivity contribution in [3.63, 3.8) is 0 Å². The lowest BCUT2D eigenvalue weighted by Crippen LogP contribution is -1.66. The Hall–Kier alpha value is -0.850. The first-order valence-electron chi connectivity index (χ1n) is 2.89. The molecule has 0 N–H and O–H groups in total. The standard InChI is InChI=1S/C8H11F/c1-3-5-7-8(9)6-4-2/h3-6H,2,7H2,1H3/b5-3-,8-6+. The summed E-state index contributed by atoms with van der Waals surface area (Å²) in [5, 5.41) is 0. The van der Waals surface area contributed by atoms with E-state index in [-0.39, 0.29) is 5.83 Å². The van der Waals surface area contributed by atoms with Crippen LogP contribution in [-0.4, -0.2) is 0 Å². The average Bonchev–Trinajstić information content (AvgIpc) is 1.85. The van der Waals surface area contributed by atoms with E-state index in [1.54, 1.807) is 6.08 Å². The van der Waals surface area contributed by atoms with Gasteiger partial charge in [0.2, 0.25) is 0 Å². The van der Waals surface area contributed by atoms with Crippen LogP contribution in [0.2, 0.25) is 0 Å². The van der Waals surface area contributed by atoms with Crippen molar-refractivity contribution in [2.24, 2.45) is 0 Å². The predicted molar refractivity (Wildman–Crippen MR) is 38.8 cm³/mol. The zero-order valence-corrected chi connectivity index (χ0v) is 5.60. The van der Waals surface area contributed by atoms with Crippen LogP contribution < -0.4 is 0 Å². The van der Waals surface area contributed by atoms with Crippen LogP contribution in [0.25, 0.3) is 0 Å². The molecule has 0 saturated heterocycles. The van der Waals surface area contributed by atoms with Crippen molar-refractivity contribution in [1.82, 2.24) is 0 Å². The van der Waals surface area contributed by atoms with E-state index in [1.807, 2.05) is 13.0 Å². The molecule has 0 fully saturated rings. The average molecular weight is 126 g/mol. The highest BCUT2D eigenvalue weighted by Crippen LogP contribution is 2.02. The lowest BCUT2D eigenvalue weighted by Gasteiger charge is -1.84. The van der Waals surface area contributed by atoms with E-state index in [1.165, 1.54) is 12.2 Å². The number of rotatable bonds is 3. The van der Waals surface area contributed by atoms with Gasteiger partial charge in [0.05, 0.1) is 0 Å². The third-order valence-corrected chi connectivity index (χ3v) is 0.847. The first-order chi connectivity index (χ1) is 4.31. The highest BCUT2D eigenvalue weighted by molar-refractivity contribution is 5.06. The van der Waals surface area contributed by atoms with Gasteiger partial charge in [0.25, 0.3) is 0 Å². The molecule has 0 aliphatic carbocycles. The van der Waals surface area contributed by atoms with Crippen LogP contribution >= 0.6 is 0 Å². The summed E-state index contributed by atoms with van der Waals surface area (Å²) in [7, 11) is 0. The monoisotopic (exact) mass is 126 g/mol. The highest BCUT2D eigenvalue weighted by Gasteiger charge is 1.84. The van der Waals surface area contributed by atoms with Crippen LogP contribution in [0, 0.1) is 0 Å². The van der Waals surface area contributed by atoms with Gasteiger partial charge in [-0.25, -0.2) is 4.39 Å². The molecule has 0 unspecified atom stereocenters. The molecule has 0 aromatic heterocycles. The van der Waals surface area contributed by atoms with Gasteiger partial charge in [-0.1, -0.05) is 24.8 Å². The van der Waals surface area contributed by atoms with Crippen LogP contribution in [0.3, 0.4) is 0 Å². The molecule has 50 valence electrons. The third-order valence-electron chi connectivity index (χ3n) is 0.847. The van der Waals surface area contributed by atoms with E-state index in [4.69, 9.17) is 0 Å². The summed E-state index contributed by atoms with van der Waals surface area (Å²) in [6, 6.07) is 0. The SMILES string of the molecule is C=C/C=C(/F)C/C=C\C. The molecule has 0 bridgehead atoms. The summed E-state index contributed by atoms with van der Waals surface area (Å²) >= 11 is 0. The van der Waals surface area contributed by atoms with Gasteiger partial charge >= 0.3 is 0 Å². The fraction of sp³-hybridized carbons (Fsp3) is 0.250. The third kappa shape index (κ3) is 5.01. The predicted octanol–water partition coefficient (Wildman–Crippen LogP) is 2.99. The molecule has 0 saturated carbocycles. The van der Waals surface area contributed by atoms with Crippen LogP contribution in [-0.2, 0) is 0 Å². The first kappa shape index (κ1) is 8.15. The van der Waals surface area contributed by atoms with Crippen molar-refractivity contribution in [2.75, 3.05) is 0 Å². The van der Waals surface area contributed by atoms with Gasteiger partial charge in [-0.3, -0.25) is 0 Å². The summed E-state index contributed by atoms with van der Waals surface area (Å²) in [5.74, 6) is -0.150. The zero-order chi connectivity index (χ0) is 7.11. The Morgan fingerprint density at radius 2 is 2.33 bits per heavy atom. The highest BCUT2D eigenvalue weighted by atomic mass is 19.1. The molecule has 1 heteroatoms. The minimum Gasteiger partial charge on any atom is -0.211 e. The molecule has 0 atom stereocenters. The molecule has 0 aromatic carbocycles. The van der Waals surface area contributed by atoms with Crippen molar-refractivity contribution >= 4 is 0 Å². The molecule has 9 heavy (non-hydrogen) atoms. The smallest absolute Gasteiger partial charge is 0.104 e. The zero-order valence-electron chi connectivity index (χ0n) is 5.60. The van der Waals surface area contributed by atoms with Gasteiger partial charge in [-0.15, -0.1) is 0 Å². The Morgan fingerprint density at radius 1 is 1.67 bits per heavy atom. The van der Waals surface area contributed by atoms with Crippen molar-refractivity contribution in [3.8, 4) is 0 Å². The second-order valence-electron chi connectivity index (χ2n) is 1.62. The Kier molecular flexibility index (Phi) is 4.79. The molecular formula is C8H11F. The Morgan fingerprint density at radius 3 is 2.78 bits per heavy atom. The molecule has 0 aliphatic heterocycles. The second kappa shape index (κ2) is 5.29. The van der Waals surface area contributed by atoms with Crippen LogP contribution in [0.1, 0.15) is 13.3 Å². The van der Waals surface area contributed by atoms with E-state index in [9.17, 15) is 4.39 Å². The van der Waals surface area contributed by atoms with Crippen LogP contribution in [0.4, 0.5) is 4.39 Å². The van der Waals surface area contributed by atoms with Crippen LogP contribution in [0.5, 0.6) is 0 Å². The van der Waals surface area contributed by atoms with E-state index >= 15 is 0 Å². The minimum atomic E-state index is -0.150. The van der Waals surface area contributed by atoms with E-state index in [0.717, 1.165) is 0 Å².